The van der Waals surface area contributed by atoms with Gasteiger partial charge >= 0.3 is 0 Å². The molecule has 0 aromatic carbocycles. The van der Waals surface area contributed by atoms with E-state index >= 15 is 0 Å². The first-order valence-corrected chi connectivity index (χ1v) is 6.86. The molecule has 0 saturated heterocycles. The maximum atomic E-state index is 10.2. The predicted molar refractivity (Wildman–Crippen MR) is 69.9 cm³/mol. The molecule has 1 saturated carbocycles. The smallest absolute Gasteiger partial charge is 0.211 e. The van der Waals surface area contributed by atoms with E-state index in [0.717, 1.165) is 31.6 Å². The van der Waals surface area contributed by atoms with Crippen molar-refractivity contribution in [3.8, 4) is 0 Å². The standard InChI is InChI=1S/C14H22N2O2/c1-12(3-2-8-15-10-17)9-13-4-6-14(7-5-13)16-11-18/h12-14H,2-9H2,1H3. The molecule has 1 rings (SSSR count). The molecule has 0 aliphatic heterocycles. The zero-order chi connectivity index (χ0) is 13.2. The Morgan fingerprint density at radius 3 is 2.50 bits per heavy atom. The molecular formula is C14H22N2O2. The maximum absolute atomic E-state index is 10.2. The largest absolute Gasteiger partial charge is 0.235 e. The van der Waals surface area contributed by atoms with E-state index in [1.54, 1.807) is 12.2 Å². The van der Waals surface area contributed by atoms with Crippen LogP contribution in [0.1, 0.15) is 51.9 Å². The van der Waals surface area contributed by atoms with Gasteiger partial charge in [-0.1, -0.05) is 6.92 Å². The minimum atomic E-state index is 0.219. The van der Waals surface area contributed by atoms with Crippen LogP contribution >= 0.6 is 0 Å². The van der Waals surface area contributed by atoms with Crippen LogP contribution in [0.4, 0.5) is 0 Å². The molecule has 0 bridgehead atoms. The molecule has 0 aromatic heterocycles. The van der Waals surface area contributed by atoms with Crippen LogP contribution in [0.3, 0.4) is 0 Å². The third kappa shape index (κ3) is 5.90. The van der Waals surface area contributed by atoms with Crippen molar-refractivity contribution in [1.82, 2.24) is 0 Å². The number of carbonyl (C=O) groups excluding carboxylic acids is 2. The van der Waals surface area contributed by atoms with Crippen LogP contribution < -0.4 is 0 Å². The molecule has 0 aromatic rings. The number of isocyanates is 2. The van der Waals surface area contributed by atoms with E-state index in [-0.39, 0.29) is 6.04 Å². The van der Waals surface area contributed by atoms with Crippen LogP contribution in [0, 0.1) is 11.8 Å². The fraction of sp³-hybridized carbons (Fsp3) is 0.857. The van der Waals surface area contributed by atoms with Crippen LogP contribution in [0.2, 0.25) is 0 Å². The summed E-state index contributed by atoms with van der Waals surface area (Å²) in [5, 5.41) is 0. The van der Waals surface area contributed by atoms with Gasteiger partial charge in [-0.15, -0.1) is 0 Å². The number of rotatable bonds is 7. The topological polar surface area (TPSA) is 58.9 Å². The van der Waals surface area contributed by atoms with Gasteiger partial charge in [0.15, 0.2) is 0 Å². The van der Waals surface area contributed by atoms with Crippen LogP contribution in [-0.2, 0) is 9.59 Å². The fourth-order valence-electron chi connectivity index (χ4n) is 2.84. The lowest BCUT2D eigenvalue weighted by Gasteiger charge is -2.27. The second-order valence-corrected chi connectivity index (χ2v) is 5.35. The van der Waals surface area contributed by atoms with Gasteiger partial charge in [0.05, 0.1) is 12.6 Å². The summed E-state index contributed by atoms with van der Waals surface area (Å²) in [6.07, 6.45) is 11.0. The molecule has 18 heavy (non-hydrogen) atoms. The van der Waals surface area contributed by atoms with Crippen LogP contribution in [0.25, 0.3) is 0 Å². The van der Waals surface area contributed by atoms with Gasteiger partial charge in [-0.2, -0.15) is 0 Å². The molecule has 0 radical (unpaired) electrons. The van der Waals surface area contributed by atoms with E-state index in [1.807, 2.05) is 0 Å². The van der Waals surface area contributed by atoms with E-state index in [2.05, 4.69) is 16.9 Å². The number of nitrogens with zero attached hydrogens (tertiary/aromatic N) is 2. The zero-order valence-corrected chi connectivity index (χ0v) is 11.1. The Balaban J connectivity index is 2.15. The van der Waals surface area contributed by atoms with Gasteiger partial charge in [0.2, 0.25) is 12.2 Å². The van der Waals surface area contributed by atoms with Crippen LogP contribution in [0.15, 0.2) is 9.98 Å². The van der Waals surface area contributed by atoms with Crippen molar-refractivity contribution in [2.75, 3.05) is 6.54 Å². The molecule has 1 fully saturated rings. The second-order valence-electron chi connectivity index (χ2n) is 5.35. The van der Waals surface area contributed by atoms with Crippen molar-refractivity contribution in [2.24, 2.45) is 21.8 Å². The quantitative estimate of drug-likeness (QED) is 0.396. The first-order chi connectivity index (χ1) is 8.76. The molecular weight excluding hydrogens is 228 g/mol. The highest BCUT2D eigenvalue weighted by atomic mass is 16.1. The molecule has 4 nitrogen and oxygen atoms in total. The van der Waals surface area contributed by atoms with E-state index in [9.17, 15) is 9.59 Å². The van der Waals surface area contributed by atoms with Crippen molar-refractivity contribution in [3.63, 3.8) is 0 Å². The number of aliphatic imine (C=N–C) groups is 2. The molecule has 100 valence electrons. The van der Waals surface area contributed by atoms with Crippen molar-refractivity contribution >= 4 is 12.2 Å². The Morgan fingerprint density at radius 2 is 1.89 bits per heavy atom. The van der Waals surface area contributed by atoms with Gasteiger partial charge in [0.1, 0.15) is 0 Å². The van der Waals surface area contributed by atoms with Crippen LogP contribution in [0.5, 0.6) is 0 Å². The van der Waals surface area contributed by atoms with Crippen molar-refractivity contribution in [3.05, 3.63) is 0 Å². The summed E-state index contributed by atoms with van der Waals surface area (Å²) >= 11 is 0. The Hall–Kier alpha value is -1.24. The summed E-state index contributed by atoms with van der Waals surface area (Å²) < 4.78 is 0. The van der Waals surface area contributed by atoms with Crippen molar-refractivity contribution < 1.29 is 9.59 Å². The highest BCUT2D eigenvalue weighted by Crippen LogP contribution is 2.31. The summed E-state index contributed by atoms with van der Waals surface area (Å²) in [4.78, 5) is 27.5. The molecule has 0 heterocycles. The minimum absolute atomic E-state index is 0.219. The zero-order valence-electron chi connectivity index (χ0n) is 11.1. The molecule has 0 amide bonds. The predicted octanol–water partition coefficient (Wildman–Crippen LogP) is 3.02. The van der Waals surface area contributed by atoms with Gasteiger partial charge in [0.25, 0.3) is 0 Å². The Morgan fingerprint density at radius 1 is 1.17 bits per heavy atom. The van der Waals surface area contributed by atoms with Gasteiger partial charge in [0, 0.05) is 0 Å². The highest BCUT2D eigenvalue weighted by Gasteiger charge is 2.22. The highest BCUT2D eigenvalue weighted by molar-refractivity contribution is 5.33. The molecule has 1 aliphatic carbocycles. The lowest BCUT2D eigenvalue weighted by molar-refractivity contribution is 0.270. The molecule has 4 heteroatoms. The lowest BCUT2D eigenvalue weighted by Crippen LogP contribution is -2.18. The minimum Gasteiger partial charge on any atom is -0.211 e. The SMILES string of the molecule is CC(CCCN=C=O)CC1CCC(N=C=O)CC1. The Bertz CT molecular complexity index is 323. The van der Waals surface area contributed by atoms with E-state index in [0.29, 0.717) is 12.5 Å². The third-order valence-corrected chi connectivity index (χ3v) is 3.82. The van der Waals surface area contributed by atoms with E-state index in [4.69, 9.17) is 0 Å². The van der Waals surface area contributed by atoms with Crippen molar-refractivity contribution in [1.29, 1.82) is 0 Å². The monoisotopic (exact) mass is 250 g/mol. The molecule has 1 aliphatic rings. The normalized spacial score (nSPS) is 24.7. The van der Waals surface area contributed by atoms with Crippen LogP contribution in [-0.4, -0.2) is 24.7 Å². The average Bonchev–Trinajstić information content (AvgIpc) is 2.37. The summed E-state index contributed by atoms with van der Waals surface area (Å²) in [6.45, 7) is 2.87. The van der Waals surface area contributed by atoms with E-state index in [1.165, 1.54) is 19.3 Å². The summed E-state index contributed by atoms with van der Waals surface area (Å²) in [7, 11) is 0. The van der Waals surface area contributed by atoms with Gasteiger partial charge < -0.3 is 0 Å². The van der Waals surface area contributed by atoms with Gasteiger partial charge in [-0.25, -0.2) is 19.6 Å². The second kappa shape index (κ2) is 8.79. The Kier molecular flexibility index (Phi) is 7.24. The molecule has 0 spiro atoms. The fourth-order valence-corrected chi connectivity index (χ4v) is 2.84. The number of hydrogen-bond donors (Lipinski definition) is 0. The maximum Gasteiger partial charge on any atom is 0.235 e. The van der Waals surface area contributed by atoms with Gasteiger partial charge in [-0.3, -0.25) is 0 Å². The third-order valence-electron chi connectivity index (χ3n) is 3.82. The number of hydrogen-bond acceptors (Lipinski definition) is 4. The average molecular weight is 250 g/mol. The lowest BCUT2D eigenvalue weighted by atomic mass is 9.80. The first kappa shape index (κ1) is 14.8. The molecule has 1 atom stereocenters. The summed E-state index contributed by atoms with van der Waals surface area (Å²) in [6, 6.07) is 0.219. The first-order valence-electron chi connectivity index (χ1n) is 6.86. The summed E-state index contributed by atoms with van der Waals surface area (Å²) in [5.41, 5.74) is 0. The summed E-state index contributed by atoms with van der Waals surface area (Å²) in [5.74, 6) is 1.45. The Labute approximate surface area is 109 Å². The van der Waals surface area contributed by atoms with Crippen molar-refractivity contribution in [2.45, 2.75) is 57.9 Å². The van der Waals surface area contributed by atoms with Gasteiger partial charge in [-0.05, 0) is 56.8 Å². The molecule has 1 unspecified atom stereocenters. The van der Waals surface area contributed by atoms with E-state index < -0.39 is 0 Å². The molecule has 0 N–H and O–H groups in total.